The summed E-state index contributed by atoms with van der Waals surface area (Å²) >= 11 is 6.02. The van der Waals surface area contributed by atoms with Crippen LogP contribution in [0.3, 0.4) is 0 Å². The van der Waals surface area contributed by atoms with E-state index in [-0.39, 0.29) is 34.8 Å². The van der Waals surface area contributed by atoms with Crippen molar-refractivity contribution in [1.82, 2.24) is 9.80 Å². The number of nitrogens with zero attached hydrogens (tertiary/aromatic N) is 2. The number of hydrogen-bond donors (Lipinski definition) is 1. The summed E-state index contributed by atoms with van der Waals surface area (Å²) in [6, 6.07) is 9.04. The first-order valence-electron chi connectivity index (χ1n) is 8.33. The van der Waals surface area contributed by atoms with Crippen molar-refractivity contribution in [3.8, 4) is 5.75 Å². The zero-order chi connectivity index (χ0) is 19.6. The topological polar surface area (TPSA) is 75.9 Å². The highest BCUT2D eigenvalue weighted by molar-refractivity contribution is 6.33. The van der Waals surface area contributed by atoms with Gasteiger partial charge in [-0.25, -0.2) is 4.39 Å². The van der Waals surface area contributed by atoms with Crippen molar-refractivity contribution < 1.29 is 18.7 Å². The van der Waals surface area contributed by atoms with E-state index < -0.39 is 0 Å². The highest BCUT2D eigenvalue weighted by Crippen LogP contribution is 2.30. The fourth-order valence-electron chi connectivity index (χ4n) is 2.98. The van der Waals surface area contributed by atoms with E-state index in [4.69, 9.17) is 22.1 Å². The van der Waals surface area contributed by atoms with Gasteiger partial charge < -0.3 is 20.3 Å². The van der Waals surface area contributed by atoms with Gasteiger partial charge in [-0.05, 0) is 23.8 Å². The third kappa shape index (κ3) is 4.14. The molecule has 8 heteroatoms. The summed E-state index contributed by atoms with van der Waals surface area (Å²) in [5.74, 6) is -0.607. The molecule has 1 fully saturated rings. The van der Waals surface area contributed by atoms with Crippen LogP contribution in [0.25, 0.3) is 0 Å². The lowest BCUT2D eigenvalue weighted by molar-refractivity contribution is -0.135. The van der Waals surface area contributed by atoms with Crippen molar-refractivity contribution in [3.05, 3.63) is 58.4 Å². The second-order valence-corrected chi connectivity index (χ2v) is 6.65. The smallest absolute Gasteiger partial charge is 0.258 e. The molecule has 2 amide bonds. The van der Waals surface area contributed by atoms with Crippen LogP contribution in [0.2, 0.25) is 5.02 Å². The van der Waals surface area contributed by atoms with Crippen LogP contribution in [-0.4, -0.2) is 48.4 Å². The molecule has 0 atom stereocenters. The minimum Gasteiger partial charge on any atom is -0.496 e. The number of ether oxygens (including phenoxy) is 1. The minimum absolute atomic E-state index is 0.0701. The summed E-state index contributed by atoms with van der Waals surface area (Å²) in [5.41, 5.74) is 7.01. The maximum atomic E-state index is 13.3. The number of halogens is 2. The Labute approximate surface area is 161 Å². The zero-order valence-corrected chi connectivity index (χ0v) is 15.5. The van der Waals surface area contributed by atoms with Gasteiger partial charge in [-0.1, -0.05) is 23.7 Å². The molecule has 3 rings (SSSR count). The molecule has 0 unspecified atom stereocenters. The van der Waals surface area contributed by atoms with Gasteiger partial charge in [0.15, 0.2) is 0 Å². The Morgan fingerprint density at radius 1 is 1.30 bits per heavy atom. The molecule has 0 aromatic heterocycles. The van der Waals surface area contributed by atoms with Crippen LogP contribution in [-0.2, 0) is 11.3 Å². The molecule has 0 spiro atoms. The highest BCUT2D eigenvalue weighted by Gasteiger charge is 2.29. The standard InChI is InChI=1S/C19H19ClFN3O3/c1-27-17-9-16(22)15(20)8-14(17)19(26)24-6-5-23(18(25)11-24)10-12-3-2-4-13(21)7-12/h2-4,7-9H,5-6,10-11,22H2,1H3. The number of hydrogen-bond acceptors (Lipinski definition) is 4. The third-order valence-electron chi connectivity index (χ3n) is 4.42. The van der Waals surface area contributed by atoms with Gasteiger partial charge in [0.1, 0.15) is 18.1 Å². The Kier molecular flexibility index (Phi) is 5.51. The van der Waals surface area contributed by atoms with E-state index in [0.29, 0.717) is 36.6 Å². The van der Waals surface area contributed by atoms with E-state index in [0.717, 1.165) is 0 Å². The molecule has 2 N–H and O–H groups in total. The predicted octanol–water partition coefficient (Wildman–Crippen LogP) is 2.55. The average Bonchev–Trinajstić information content (AvgIpc) is 2.64. The summed E-state index contributed by atoms with van der Waals surface area (Å²) in [6.45, 7) is 0.937. The monoisotopic (exact) mass is 391 g/mol. The first-order valence-corrected chi connectivity index (χ1v) is 8.71. The van der Waals surface area contributed by atoms with Crippen molar-refractivity contribution in [1.29, 1.82) is 0 Å². The molecular formula is C19H19ClFN3O3. The van der Waals surface area contributed by atoms with Gasteiger partial charge in [0, 0.05) is 25.7 Å². The molecule has 0 bridgehead atoms. The highest BCUT2D eigenvalue weighted by atomic mass is 35.5. The quantitative estimate of drug-likeness (QED) is 0.813. The van der Waals surface area contributed by atoms with Gasteiger partial charge in [0.25, 0.3) is 5.91 Å². The van der Waals surface area contributed by atoms with Crippen molar-refractivity contribution in [2.24, 2.45) is 0 Å². The van der Waals surface area contributed by atoms with Crippen LogP contribution in [0.15, 0.2) is 36.4 Å². The number of rotatable bonds is 4. The molecule has 0 aliphatic carbocycles. The fourth-order valence-corrected chi connectivity index (χ4v) is 3.14. The molecule has 0 radical (unpaired) electrons. The van der Waals surface area contributed by atoms with Crippen LogP contribution >= 0.6 is 11.6 Å². The molecule has 0 saturated carbocycles. The fraction of sp³-hybridized carbons (Fsp3) is 0.263. The Balaban J connectivity index is 1.71. The maximum absolute atomic E-state index is 13.3. The molecular weight excluding hydrogens is 373 g/mol. The van der Waals surface area contributed by atoms with Gasteiger partial charge in [-0.15, -0.1) is 0 Å². The van der Waals surface area contributed by atoms with Crippen molar-refractivity contribution >= 4 is 29.1 Å². The lowest BCUT2D eigenvalue weighted by Crippen LogP contribution is -2.51. The van der Waals surface area contributed by atoms with E-state index in [2.05, 4.69) is 0 Å². The number of amides is 2. The summed E-state index contributed by atoms with van der Waals surface area (Å²) in [6.07, 6.45) is 0. The van der Waals surface area contributed by atoms with Crippen molar-refractivity contribution in [3.63, 3.8) is 0 Å². The van der Waals surface area contributed by atoms with Crippen LogP contribution < -0.4 is 10.5 Å². The Morgan fingerprint density at radius 2 is 2.07 bits per heavy atom. The van der Waals surface area contributed by atoms with Gasteiger partial charge in [-0.2, -0.15) is 0 Å². The van der Waals surface area contributed by atoms with Crippen LogP contribution in [0.1, 0.15) is 15.9 Å². The van der Waals surface area contributed by atoms with E-state index in [9.17, 15) is 14.0 Å². The summed E-state index contributed by atoms with van der Waals surface area (Å²) in [7, 11) is 1.43. The van der Waals surface area contributed by atoms with Crippen LogP contribution in [0.5, 0.6) is 5.75 Å². The van der Waals surface area contributed by atoms with E-state index in [1.807, 2.05) is 0 Å². The number of piperazine rings is 1. The zero-order valence-electron chi connectivity index (χ0n) is 14.7. The first kappa shape index (κ1) is 19.0. The summed E-state index contributed by atoms with van der Waals surface area (Å²) in [5, 5.41) is 0.246. The molecule has 142 valence electrons. The van der Waals surface area contributed by atoms with Gasteiger partial charge in [0.2, 0.25) is 5.91 Å². The number of nitrogen functional groups attached to an aromatic ring is 1. The van der Waals surface area contributed by atoms with E-state index >= 15 is 0 Å². The van der Waals surface area contributed by atoms with Gasteiger partial charge >= 0.3 is 0 Å². The number of carbonyl (C=O) groups excluding carboxylic acids is 2. The SMILES string of the molecule is COc1cc(N)c(Cl)cc1C(=O)N1CCN(Cc2cccc(F)c2)C(=O)C1. The second-order valence-electron chi connectivity index (χ2n) is 6.25. The van der Waals surface area contributed by atoms with Gasteiger partial charge in [-0.3, -0.25) is 9.59 Å². The largest absolute Gasteiger partial charge is 0.496 e. The molecule has 1 saturated heterocycles. The molecule has 1 heterocycles. The normalized spacial score (nSPS) is 14.4. The molecule has 1 aliphatic rings. The number of nitrogens with two attached hydrogens (primary N) is 1. The maximum Gasteiger partial charge on any atom is 0.258 e. The lowest BCUT2D eigenvalue weighted by Gasteiger charge is -2.34. The summed E-state index contributed by atoms with van der Waals surface area (Å²) in [4.78, 5) is 28.3. The molecule has 2 aromatic carbocycles. The second kappa shape index (κ2) is 7.84. The molecule has 6 nitrogen and oxygen atoms in total. The Hall–Kier alpha value is -2.80. The molecule has 1 aliphatic heterocycles. The first-order chi connectivity index (χ1) is 12.9. The minimum atomic E-state index is -0.354. The average molecular weight is 392 g/mol. The van der Waals surface area contributed by atoms with Crippen molar-refractivity contribution in [2.75, 3.05) is 32.5 Å². The van der Waals surface area contributed by atoms with Gasteiger partial charge in [0.05, 0.1) is 23.4 Å². The molecule has 2 aromatic rings. The van der Waals surface area contributed by atoms with E-state index in [1.165, 1.54) is 36.3 Å². The Morgan fingerprint density at radius 3 is 2.74 bits per heavy atom. The van der Waals surface area contributed by atoms with E-state index in [1.54, 1.807) is 17.0 Å². The number of carbonyl (C=O) groups is 2. The van der Waals surface area contributed by atoms with Crippen LogP contribution in [0, 0.1) is 5.82 Å². The third-order valence-corrected chi connectivity index (χ3v) is 4.74. The number of methoxy groups -OCH3 is 1. The van der Waals surface area contributed by atoms with Crippen LogP contribution in [0.4, 0.5) is 10.1 Å². The molecule has 27 heavy (non-hydrogen) atoms. The number of anilines is 1. The Bertz CT molecular complexity index is 890. The lowest BCUT2D eigenvalue weighted by atomic mass is 10.1. The van der Waals surface area contributed by atoms with Crippen molar-refractivity contribution in [2.45, 2.75) is 6.54 Å². The predicted molar refractivity (Wildman–Crippen MR) is 100 cm³/mol. The number of benzene rings is 2. The summed E-state index contributed by atoms with van der Waals surface area (Å²) < 4.78 is 18.5.